The van der Waals surface area contributed by atoms with Gasteiger partial charge in [0, 0.05) is 13.3 Å². The van der Waals surface area contributed by atoms with Gasteiger partial charge in [0.1, 0.15) is 11.8 Å². The Hall–Kier alpha value is -1.62. The van der Waals surface area contributed by atoms with E-state index in [1.165, 1.54) is 7.11 Å². The van der Waals surface area contributed by atoms with Gasteiger partial charge in [-0.25, -0.2) is 4.98 Å². The molecule has 5 nitrogen and oxygen atoms in total. The lowest BCUT2D eigenvalue weighted by Gasteiger charge is -2.15. The van der Waals surface area contributed by atoms with Crippen molar-refractivity contribution in [1.29, 1.82) is 0 Å². The van der Waals surface area contributed by atoms with E-state index in [0.29, 0.717) is 11.6 Å². The normalized spacial score (nSPS) is 12.3. The molecule has 0 fully saturated rings. The van der Waals surface area contributed by atoms with E-state index in [-0.39, 0.29) is 12.0 Å². The van der Waals surface area contributed by atoms with Gasteiger partial charge < -0.3 is 14.8 Å². The molecule has 0 aliphatic rings. The van der Waals surface area contributed by atoms with Gasteiger partial charge in [0.2, 0.25) is 5.88 Å². The Kier molecular flexibility index (Phi) is 4.90. The number of nitrogens with one attached hydrogen (secondary N) is 1. The molecule has 17 heavy (non-hydrogen) atoms. The number of rotatable bonds is 5. The molecule has 0 aliphatic carbocycles. The number of anilines is 1. The van der Waals surface area contributed by atoms with Crippen LogP contribution in [0.15, 0.2) is 18.3 Å². The van der Waals surface area contributed by atoms with Crippen molar-refractivity contribution in [3.63, 3.8) is 0 Å². The quantitative estimate of drug-likeness (QED) is 0.850. The Balaban J connectivity index is 2.79. The van der Waals surface area contributed by atoms with E-state index < -0.39 is 6.10 Å². The topological polar surface area (TPSA) is 60.5 Å². The summed E-state index contributed by atoms with van der Waals surface area (Å²) in [4.78, 5) is 15.7. The van der Waals surface area contributed by atoms with Crippen LogP contribution in [-0.4, -0.2) is 30.2 Å². The number of carbonyl (C=O) groups is 1. The number of hydrogen-bond donors (Lipinski definition) is 1. The van der Waals surface area contributed by atoms with Gasteiger partial charge in [-0.2, -0.15) is 0 Å². The SMILES string of the molecule is COC(C)C(=O)Nc1cccnc1OC(C)C. The molecule has 1 amide bonds. The predicted octanol–water partition coefficient (Wildman–Crippen LogP) is 1.84. The van der Waals surface area contributed by atoms with Crippen LogP contribution in [0.2, 0.25) is 0 Å². The van der Waals surface area contributed by atoms with E-state index in [0.717, 1.165) is 0 Å². The maximum Gasteiger partial charge on any atom is 0.253 e. The molecule has 1 N–H and O–H groups in total. The fourth-order valence-electron chi connectivity index (χ4n) is 1.14. The summed E-state index contributed by atoms with van der Waals surface area (Å²) >= 11 is 0. The van der Waals surface area contributed by atoms with Crippen LogP contribution < -0.4 is 10.1 Å². The summed E-state index contributed by atoms with van der Waals surface area (Å²) in [5.41, 5.74) is 0.551. The molecule has 1 unspecified atom stereocenters. The van der Waals surface area contributed by atoms with Crippen LogP contribution in [-0.2, 0) is 9.53 Å². The van der Waals surface area contributed by atoms with Gasteiger partial charge in [0.15, 0.2) is 0 Å². The first-order valence-corrected chi connectivity index (χ1v) is 5.50. The van der Waals surface area contributed by atoms with Crippen LogP contribution in [0.3, 0.4) is 0 Å². The lowest BCUT2D eigenvalue weighted by Crippen LogP contribution is -2.27. The minimum atomic E-state index is -0.512. The van der Waals surface area contributed by atoms with Crippen molar-refractivity contribution in [3.05, 3.63) is 18.3 Å². The molecule has 0 aliphatic heterocycles. The van der Waals surface area contributed by atoms with Crippen LogP contribution in [0.5, 0.6) is 5.88 Å². The summed E-state index contributed by atoms with van der Waals surface area (Å²) in [7, 11) is 1.49. The Morgan fingerprint density at radius 1 is 1.41 bits per heavy atom. The maximum atomic E-state index is 11.7. The predicted molar refractivity (Wildman–Crippen MR) is 65.1 cm³/mol. The van der Waals surface area contributed by atoms with Crippen LogP contribution >= 0.6 is 0 Å². The van der Waals surface area contributed by atoms with Gasteiger partial charge in [0.25, 0.3) is 5.91 Å². The molecule has 0 saturated carbocycles. The Labute approximate surface area is 101 Å². The lowest BCUT2D eigenvalue weighted by molar-refractivity contribution is -0.124. The summed E-state index contributed by atoms with van der Waals surface area (Å²) in [6.45, 7) is 5.48. The zero-order chi connectivity index (χ0) is 12.8. The van der Waals surface area contributed by atoms with Gasteiger partial charge in [-0.15, -0.1) is 0 Å². The van der Waals surface area contributed by atoms with Crippen LogP contribution in [0.1, 0.15) is 20.8 Å². The summed E-state index contributed by atoms with van der Waals surface area (Å²) in [5.74, 6) is 0.188. The largest absolute Gasteiger partial charge is 0.473 e. The molecule has 0 spiro atoms. The molecule has 1 atom stereocenters. The first-order chi connectivity index (χ1) is 8.04. The molecule has 1 aromatic heterocycles. The third-order valence-electron chi connectivity index (χ3n) is 2.10. The number of hydrogen-bond acceptors (Lipinski definition) is 4. The van der Waals surface area contributed by atoms with Crippen molar-refractivity contribution in [2.75, 3.05) is 12.4 Å². The average molecular weight is 238 g/mol. The van der Waals surface area contributed by atoms with Crippen molar-refractivity contribution >= 4 is 11.6 Å². The standard InChI is InChI=1S/C12H18N2O3/c1-8(2)17-12-10(6-5-7-13-12)14-11(15)9(3)16-4/h5-9H,1-4H3,(H,14,15). The summed E-state index contributed by atoms with van der Waals surface area (Å²) in [5, 5.41) is 2.72. The maximum absolute atomic E-state index is 11.7. The zero-order valence-electron chi connectivity index (χ0n) is 10.6. The van der Waals surface area contributed by atoms with Gasteiger partial charge in [-0.3, -0.25) is 4.79 Å². The third kappa shape index (κ3) is 4.03. The molecule has 1 rings (SSSR count). The van der Waals surface area contributed by atoms with Crippen LogP contribution in [0.4, 0.5) is 5.69 Å². The highest BCUT2D eigenvalue weighted by Gasteiger charge is 2.15. The van der Waals surface area contributed by atoms with Crippen molar-refractivity contribution < 1.29 is 14.3 Å². The molecular formula is C12H18N2O3. The number of aromatic nitrogens is 1. The van der Waals surface area contributed by atoms with Crippen LogP contribution in [0.25, 0.3) is 0 Å². The highest BCUT2D eigenvalue weighted by molar-refractivity contribution is 5.94. The molecular weight excluding hydrogens is 220 g/mol. The molecule has 0 aromatic carbocycles. The number of amides is 1. The van der Waals surface area contributed by atoms with E-state index in [2.05, 4.69) is 10.3 Å². The smallest absolute Gasteiger partial charge is 0.253 e. The zero-order valence-corrected chi connectivity index (χ0v) is 10.6. The Morgan fingerprint density at radius 2 is 2.12 bits per heavy atom. The number of methoxy groups -OCH3 is 1. The first kappa shape index (κ1) is 13.4. The number of carbonyl (C=O) groups excluding carboxylic acids is 1. The van der Waals surface area contributed by atoms with E-state index in [1.54, 1.807) is 25.3 Å². The summed E-state index contributed by atoms with van der Waals surface area (Å²) in [6.07, 6.45) is 1.11. The highest BCUT2D eigenvalue weighted by Crippen LogP contribution is 2.21. The van der Waals surface area contributed by atoms with E-state index in [1.807, 2.05) is 13.8 Å². The highest BCUT2D eigenvalue weighted by atomic mass is 16.5. The monoisotopic (exact) mass is 238 g/mol. The molecule has 0 saturated heterocycles. The number of nitrogens with zero attached hydrogens (tertiary/aromatic N) is 1. The van der Waals surface area contributed by atoms with Gasteiger partial charge >= 0.3 is 0 Å². The van der Waals surface area contributed by atoms with Crippen molar-refractivity contribution in [3.8, 4) is 5.88 Å². The van der Waals surface area contributed by atoms with Crippen molar-refractivity contribution in [2.24, 2.45) is 0 Å². The average Bonchev–Trinajstić information content (AvgIpc) is 2.29. The molecule has 0 radical (unpaired) electrons. The fraction of sp³-hybridized carbons (Fsp3) is 0.500. The van der Waals surface area contributed by atoms with E-state index in [9.17, 15) is 4.79 Å². The molecule has 5 heteroatoms. The Bertz CT molecular complexity index is 380. The second kappa shape index (κ2) is 6.20. The van der Waals surface area contributed by atoms with Gasteiger partial charge in [0.05, 0.1) is 6.10 Å². The number of ether oxygens (including phenoxy) is 2. The third-order valence-corrected chi connectivity index (χ3v) is 2.10. The van der Waals surface area contributed by atoms with Gasteiger partial charge in [-0.1, -0.05) is 0 Å². The first-order valence-electron chi connectivity index (χ1n) is 5.50. The minimum Gasteiger partial charge on any atom is -0.473 e. The molecule has 1 heterocycles. The minimum absolute atomic E-state index is 0.000371. The second-order valence-corrected chi connectivity index (χ2v) is 3.89. The summed E-state index contributed by atoms with van der Waals surface area (Å²) < 4.78 is 10.4. The summed E-state index contributed by atoms with van der Waals surface area (Å²) in [6, 6.07) is 3.48. The van der Waals surface area contributed by atoms with Crippen molar-refractivity contribution in [2.45, 2.75) is 33.0 Å². The molecule has 1 aromatic rings. The lowest BCUT2D eigenvalue weighted by atomic mass is 10.3. The van der Waals surface area contributed by atoms with E-state index >= 15 is 0 Å². The van der Waals surface area contributed by atoms with Crippen molar-refractivity contribution in [1.82, 2.24) is 4.98 Å². The molecule has 94 valence electrons. The van der Waals surface area contributed by atoms with Crippen LogP contribution in [0, 0.1) is 0 Å². The molecule has 0 bridgehead atoms. The second-order valence-electron chi connectivity index (χ2n) is 3.89. The fourth-order valence-corrected chi connectivity index (χ4v) is 1.14. The van der Waals surface area contributed by atoms with E-state index in [4.69, 9.17) is 9.47 Å². The van der Waals surface area contributed by atoms with Gasteiger partial charge in [-0.05, 0) is 32.9 Å². The number of pyridine rings is 1. The Morgan fingerprint density at radius 3 is 2.71 bits per heavy atom.